The number of methoxy groups -OCH3 is 1. The summed E-state index contributed by atoms with van der Waals surface area (Å²) in [5, 5.41) is 0. The Bertz CT molecular complexity index is 1090. The van der Waals surface area contributed by atoms with Crippen LogP contribution in [-0.2, 0) is 13.2 Å². The minimum Gasteiger partial charge on any atom is -0.493 e. The highest BCUT2D eigenvalue weighted by molar-refractivity contribution is 5.73. The molecule has 4 nitrogen and oxygen atoms in total. The van der Waals surface area contributed by atoms with Crippen LogP contribution in [0.15, 0.2) is 59.7 Å². The molecule has 1 heterocycles. The Balaban J connectivity index is 2.17. The third-order valence-electron chi connectivity index (χ3n) is 4.43. The molecular formula is C22H20F3NO3. The first-order valence-corrected chi connectivity index (χ1v) is 8.93. The number of alkyl halides is 3. The average molecular weight is 403 g/mol. The second kappa shape index (κ2) is 8.03. The van der Waals surface area contributed by atoms with Gasteiger partial charge in [-0.05, 0) is 42.3 Å². The maximum absolute atomic E-state index is 13.1. The van der Waals surface area contributed by atoms with Crippen molar-refractivity contribution in [2.45, 2.75) is 13.1 Å². The maximum Gasteiger partial charge on any atom is 0.416 e. The minimum atomic E-state index is -4.48. The van der Waals surface area contributed by atoms with Crippen molar-refractivity contribution < 1.29 is 22.6 Å². The summed E-state index contributed by atoms with van der Waals surface area (Å²) in [4.78, 5) is 13.1. The lowest BCUT2D eigenvalue weighted by atomic mass is 9.99. The Morgan fingerprint density at radius 2 is 1.62 bits per heavy atom. The van der Waals surface area contributed by atoms with Gasteiger partial charge in [-0.2, -0.15) is 13.2 Å². The number of hydrogen-bond donors (Lipinski definition) is 0. The van der Waals surface area contributed by atoms with E-state index in [0.717, 1.165) is 12.1 Å². The first-order valence-electron chi connectivity index (χ1n) is 8.93. The molecule has 7 heteroatoms. The van der Waals surface area contributed by atoms with Gasteiger partial charge in [0.05, 0.1) is 19.3 Å². The van der Waals surface area contributed by atoms with Crippen LogP contribution in [0.25, 0.3) is 22.3 Å². The average Bonchev–Trinajstić information content (AvgIpc) is 2.69. The van der Waals surface area contributed by atoms with Crippen molar-refractivity contribution in [1.82, 2.24) is 4.57 Å². The van der Waals surface area contributed by atoms with Crippen molar-refractivity contribution >= 4 is 0 Å². The summed E-state index contributed by atoms with van der Waals surface area (Å²) in [6, 6.07) is 9.86. The standard InChI is InChI=1S/C22H20F3NO3/c1-4-29-20-11-15(8-9-19(20)28-3)18-13-26(2)12-17(21(18)27)14-6-5-7-16(10-14)22(23,24)25/h5-13H,4H2,1-3H3. The molecule has 3 aromatic rings. The number of nitrogens with zero attached hydrogens (tertiary/aromatic N) is 1. The van der Waals surface area contributed by atoms with E-state index in [9.17, 15) is 18.0 Å². The van der Waals surface area contributed by atoms with Crippen molar-refractivity contribution in [1.29, 1.82) is 0 Å². The molecule has 2 aromatic carbocycles. The molecule has 0 unspecified atom stereocenters. The van der Waals surface area contributed by atoms with E-state index in [1.165, 1.54) is 25.4 Å². The normalized spacial score (nSPS) is 11.4. The van der Waals surface area contributed by atoms with Crippen molar-refractivity contribution in [2.24, 2.45) is 7.05 Å². The predicted octanol–water partition coefficient (Wildman–Crippen LogP) is 5.15. The van der Waals surface area contributed by atoms with E-state index >= 15 is 0 Å². The molecule has 0 bridgehead atoms. The summed E-state index contributed by atoms with van der Waals surface area (Å²) in [5.74, 6) is 1.01. The van der Waals surface area contributed by atoms with E-state index in [4.69, 9.17) is 9.47 Å². The molecule has 3 rings (SSSR count). The minimum absolute atomic E-state index is 0.185. The van der Waals surface area contributed by atoms with Gasteiger partial charge in [0.1, 0.15) is 0 Å². The molecule has 0 spiro atoms. The first kappa shape index (κ1) is 20.5. The SMILES string of the molecule is CCOc1cc(-c2cn(C)cc(-c3cccc(C(F)(F)F)c3)c2=O)ccc1OC. The van der Waals surface area contributed by atoms with Gasteiger partial charge in [-0.1, -0.05) is 18.2 Å². The smallest absolute Gasteiger partial charge is 0.416 e. The van der Waals surface area contributed by atoms with E-state index in [1.54, 1.807) is 36.0 Å². The maximum atomic E-state index is 13.1. The van der Waals surface area contributed by atoms with Crippen molar-refractivity contribution in [3.63, 3.8) is 0 Å². The Morgan fingerprint density at radius 3 is 2.21 bits per heavy atom. The molecule has 0 N–H and O–H groups in total. The number of aromatic nitrogens is 1. The van der Waals surface area contributed by atoms with E-state index < -0.39 is 11.7 Å². The number of rotatable bonds is 5. The molecule has 0 atom stereocenters. The van der Waals surface area contributed by atoms with Crippen LogP contribution in [0.4, 0.5) is 13.2 Å². The highest BCUT2D eigenvalue weighted by atomic mass is 19.4. The fourth-order valence-corrected chi connectivity index (χ4v) is 3.09. The van der Waals surface area contributed by atoms with Gasteiger partial charge in [-0.25, -0.2) is 0 Å². The van der Waals surface area contributed by atoms with Crippen LogP contribution in [0.1, 0.15) is 12.5 Å². The number of hydrogen-bond acceptors (Lipinski definition) is 3. The monoisotopic (exact) mass is 403 g/mol. The van der Waals surface area contributed by atoms with Crippen LogP contribution in [0.3, 0.4) is 0 Å². The van der Waals surface area contributed by atoms with Crippen LogP contribution in [0, 0.1) is 0 Å². The highest BCUT2D eigenvalue weighted by Gasteiger charge is 2.30. The lowest BCUT2D eigenvalue weighted by molar-refractivity contribution is -0.137. The van der Waals surface area contributed by atoms with Crippen LogP contribution >= 0.6 is 0 Å². The van der Waals surface area contributed by atoms with Gasteiger partial charge < -0.3 is 14.0 Å². The molecule has 0 fully saturated rings. The fraction of sp³-hybridized carbons (Fsp3) is 0.227. The van der Waals surface area contributed by atoms with Crippen LogP contribution in [0.5, 0.6) is 11.5 Å². The topological polar surface area (TPSA) is 40.5 Å². The molecule has 0 aliphatic carbocycles. The summed E-state index contributed by atoms with van der Waals surface area (Å²) >= 11 is 0. The molecule has 0 aliphatic heterocycles. The number of aryl methyl sites for hydroxylation is 1. The molecule has 1 aromatic heterocycles. The molecular weight excluding hydrogens is 383 g/mol. The third kappa shape index (κ3) is 4.29. The Kier molecular flexibility index (Phi) is 5.68. The number of benzene rings is 2. The van der Waals surface area contributed by atoms with E-state index in [0.29, 0.717) is 29.2 Å². The van der Waals surface area contributed by atoms with E-state index in [-0.39, 0.29) is 16.6 Å². The predicted molar refractivity (Wildman–Crippen MR) is 105 cm³/mol. The summed E-state index contributed by atoms with van der Waals surface area (Å²) < 4.78 is 51.7. The molecule has 0 radical (unpaired) electrons. The zero-order chi connectivity index (χ0) is 21.2. The first-order chi connectivity index (χ1) is 13.7. The van der Waals surface area contributed by atoms with Gasteiger partial charge in [-0.3, -0.25) is 4.79 Å². The van der Waals surface area contributed by atoms with Gasteiger partial charge in [0.2, 0.25) is 0 Å². The zero-order valence-corrected chi connectivity index (χ0v) is 16.2. The molecule has 0 saturated carbocycles. The van der Waals surface area contributed by atoms with Crippen molar-refractivity contribution in [3.8, 4) is 33.8 Å². The largest absolute Gasteiger partial charge is 0.493 e. The number of ether oxygens (including phenoxy) is 2. The van der Waals surface area contributed by atoms with Crippen LogP contribution in [-0.4, -0.2) is 18.3 Å². The highest BCUT2D eigenvalue weighted by Crippen LogP contribution is 2.34. The summed E-state index contributed by atoms with van der Waals surface area (Å²) in [7, 11) is 3.23. The summed E-state index contributed by atoms with van der Waals surface area (Å²) in [5.41, 5.74) is 0.168. The van der Waals surface area contributed by atoms with Gasteiger partial charge in [0.25, 0.3) is 0 Å². The fourth-order valence-electron chi connectivity index (χ4n) is 3.09. The lowest BCUT2D eigenvalue weighted by Crippen LogP contribution is -2.12. The summed E-state index contributed by atoms with van der Waals surface area (Å²) in [6.45, 7) is 2.25. The Hall–Kier alpha value is -3.22. The van der Waals surface area contributed by atoms with Gasteiger partial charge in [0, 0.05) is 30.6 Å². The molecule has 0 amide bonds. The van der Waals surface area contributed by atoms with Gasteiger partial charge in [-0.15, -0.1) is 0 Å². The zero-order valence-electron chi connectivity index (χ0n) is 16.2. The second-order valence-corrected chi connectivity index (χ2v) is 6.46. The quantitative estimate of drug-likeness (QED) is 0.592. The number of halogens is 3. The van der Waals surface area contributed by atoms with Crippen LogP contribution < -0.4 is 14.9 Å². The molecule has 0 aliphatic rings. The Morgan fingerprint density at radius 1 is 0.966 bits per heavy atom. The molecule has 29 heavy (non-hydrogen) atoms. The van der Waals surface area contributed by atoms with Gasteiger partial charge in [0.15, 0.2) is 16.9 Å². The lowest BCUT2D eigenvalue weighted by Gasteiger charge is -2.13. The van der Waals surface area contributed by atoms with Crippen molar-refractivity contribution in [3.05, 3.63) is 70.6 Å². The Labute approximate surface area is 166 Å². The van der Waals surface area contributed by atoms with Crippen molar-refractivity contribution in [2.75, 3.05) is 13.7 Å². The van der Waals surface area contributed by atoms with E-state index in [1.807, 2.05) is 6.92 Å². The number of pyridine rings is 1. The molecule has 0 saturated heterocycles. The second-order valence-electron chi connectivity index (χ2n) is 6.46. The van der Waals surface area contributed by atoms with Gasteiger partial charge >= 0.3 is 6.18 Å². The molecule has 152 valence electrons. The summed E-state index contributed by atoms with van der Waals surface area (Å²) in [6.07, 6.45) is -1.33. The van der Waals surface area contributed by atoms with E-state index in [2.05, 4.69) is 0 Å². The van der Waals surface area contributed by atoms with Crippen LogP contribution in [0.2, 0.25) is 0 Å². The third-order valence-corrected chi connectivity index (χ3v) is 4.43.